The summed E-state index contributed by atoms with van der Waals surface area (Å²) in [5.74, 6) is -1.52. The van der Waals surface area contributed by atoms with Gasteiger partial charge in [-0.3, -0.25) is 0 Å². The van der Waals surface area contributed by atoms with Gasteiger partial charge in [-0.1, -0.05) is 18.7 Å². The Morgan fingerprint density at radius 1 is 1.33 bits per heavy atom. The molecule has 1 aromatic rings. The van der Waals surface area contributed by atoms with Gasteiger partial charge in [-0.2, -0.15) is 0 Å². The van der Waals surface area contributed by atoms with Crippen molar-refractivity contribution in [3.63, 3.8) is 0 Å². The first kappa shape index (κ1) is 10.1. The number of allylic oxidation sites excluding steroid dienone is 1. The highest BCUT2D eigenvalue weighted by Crippen LogP contribution is 2.23. The minimum atomic E-state index is -0.780. The van der Waals surface area contributed by atoms with Gasteiger partial charge in [-0.25, -0.2) is 8.78 Å². The van der Waals surface area contributed by atoms with Crippen molar-refractivity contribution in [1.82, 2.24) is 4.90 Å². The molecule has 80 valence electrons. The van der Waals surface area contributed by atoms with Crippen LogP contribution in [-0.4, -0.2) is 11.4 Å². The molecule has 0 spiro atoms. The topological polar surface area (TPSA) is 3.24 Å². The van der Waals surface area contributed by atoms with E-state index in [2.05, 4.69) is 6.58 Å². The van der Waals surface area contributed by atoms with Crippen LogP contribution in [0.3, 0.4) is 0 Å². The maximum atomic E-state index is 13.4. The highest BCUT2D eigenvalue weighted by molar-refractivity contribution is 5.20. The van der Waals surface area contributed by atoms with Crippen molar-refractivity contribution in [3.8, 4) is 0 Å². The summed E-state index contributed by atoms with van der Waals surface area (Å²) in [4.78, 5) is 2.00. The first-order valence-electron chi connectivity index (χ1n) is 5.04. The third kappa shape index (κ3) is 2.01. The van der Waals surface area contributed by atoms with Crippen molar-refractivity contribution in [2.45, 2.75) is 19.4 Å². The maximum Gasteiger partial charge on any atom is 0.163 e. The Morgan fingerprint density at radius 3 is 2.80 bits per heavy atom. The van der Waals surface area contributed by atoms with Crippen LogP contribution in [0.5, 0.6) is 0 Å². The summed E-state index contributed by atoms with van der Waals surface area (Å²) < 4.78 is 26.3. The number of nitrogens with zero attached hydrogens (tertiary/aromatic N) is 1. The van der Waals surface area contributed by atoms with Crippen LogP contribution in [0.25, 0.3) is 0 Å². The maximum absolute atomic E-state index is 13.4. The molecule has 0 bridgehead atoms. The zero-order valence-corrected chi connectivity index (χ0v) is 8.47. The summed E-state index contributed by atoms with van der Waals surface area (Å²) >= 11 is 0. The first-order chi connectivity index (χ1) is 7.18. The lowest BCUT2D eigenvalue weighted by molar-refractivity contribution is 0.373. The third-order valence-corrected chi connectivity index (χ3v) is 2.73. The van der Waals surface area contributed by atoms with Crippen LogP contribution >= 0.6 is 0 Å². The summed E-state index contributed by atoms with van der Waals surface area (Å²) in [6.07, 6.45) is 2.01. The minimum absolute atomic E-state index is 0.401. The fourth-order valence-electron chi connectivity index (χ4n) is 1.86. The zero-order chi connectivity index (χ0) is 10.8. The van der Waals surface area contributed by atoms with E-state index in [0.717, 1.165) is 31.1 Å². The Hall–Kier alpha value is -1.38. The number of rotatable bonds is 2. The predicted octanol–water partition coefficient (Wildman–Crippen LogP) is 3.07. The molecule has 0 aromatic heterocycles. The van der Waals surface area contributed by atoms with Crippen molar-refractivity contribution in [2.24, 2.45) is 0 Å². The molecule has 0 N–H and O–H groups in total. The number of benzene rings is 1. The average molecular weight is 209 g/mol. The van der Waals surface area contributed by atoms with Crippen LogP contribution in [0.1, 0.15) is 18.4 Å². The molecule has 0 amide bonds. The van der Waals surface area contributed by atoms with Gasteiger partial charge < -0.3 is 4.90 Å². The summed E-state index contributed by atoms with van der Waals surface area (Å²) in [6, 6.07) is 4.29. The molecule has 1 saturated heterocycles. The molecule has 0 unspecified atom stereocenters. The summed E-state index contributed by atoms with van der Waals surface area (Å²) in [5, 5.41) is 0. The van der Waals surface area contributed by atoms with Crippen LogP contribution in [0.15, 0.2) is 30.5 Å². The highest BCUT2D eigenvalue weighted by atomic mass is 19.2. The normalized spacial score (nSPS) is 16.1. The molecule has 0 saturated carbocycles. The third-order valence-electron chi connectivity index (χ3n) is 2.73. The van der Waals surface area contributed by atoms with Crippen LogP contribution in [0, 0.1) is 11.6 Å². The van der Waals surface area contributed by atoms with Gasteiger partial charge in [0, 0.05) is 24.4 Å². The smallest absolute Gasteiger partial charge is 0.163 e. The summed E-state index contributed by atoms with van der Waals surface area (Å²) in [5.41, 5.74) is 1.41. The van der Waals surface area contributed by atoms with Crippen LogP contribution < -0.4 is 0 Å². The number of hydrogen-bond acceptors (Lipinski definition) is 1. The molecule has 3 heteroatoms. The highest BCUT2D eigenvalue weighted by Gasteiger charge is 2.17. The van der Waals surface area contributed by atoms with E-state index in [1.807, 2.05) is 4.90 Å². The average Bonchev–Trinajstić information content (AvgIpc) is 2.60. The standard InChI is InChI=1S/C12H13F2N/c1-9-4-3-7-15(9)8-10-5-2-6-11(13)12(10)14/h2,5-6H,1,3-4,7-8H2. The van der Waals surface area contributed by atoms with Gasteiger partial charge in [-0.15, -0.1) is 0 Å². The van der Waals surface area contributed by atoms with Crippen molar-refractivity contribution >= 4 is 0 Å². The summed E-state index contributed by atoms with van der Waals surface area (Å²) in [6.45, 7) is 5.20. The molecule has 1 fully saturated rings. The lowest BCUT2D eigenvalue weighted by atomic mass is 10.2. The number of halogens is 2. The molecule has 0 aliphatic carbocycles. The molecular weight excluding hydrogens is 196 g/mol. The number of hydrogen-bond donors (Lipinski definition) is 0. The Morgan fingerprint density at radius 2 is 2.13 bits per heavy atom. The molecule has 0 atom stereocenters. The van der Waals surface area contributed by atoms with Gasteiger partial charge >= 0.3 is 0 Å². The molecule has 1 aromatic carbocycles. The molecule has 2 rings (SSSR count). The van der Waals surface area contributed by atoms with E-state index in [1.165, 1.54) is 6.07 Å². The quantitative estimate of drug-likeness (QED) is 0.723. The van der Waals surface area contributed by atoms with E-state index in [0.29, 0.717) is 12.1 Å². The zero-order valence-electron chi connectivity index (χ0n) is 8.47. The van der Waals surface area contributed by atoms with E-state index in [-0.39, 0.29) is 0 Å². The molecule has 15 heavy (non-hydrogen) atoms. The molecule has 1 heterocycles. The van der Waals surface area contributed by atoms with Crippen molar-refractivity contribution in [3.05, 3.63) is 47.7 Å². The Labute approximate surface area is 88.0 Å². The second-order valence-electron chi connectivity index (χ2n) is 3.80. The SMILES string of the molecule is C=C1CCCN1Cc1cccc(F)c1F. The van der Waals surface area contributed by atoms with E-state index >= 15 is 0 Å². The minimum Gasteiger partial charge on any atom is -0.371 e. The van der Waals surface area contributed by atoms with E-state index < -0.39 is 11.6 Å². The fraction of sp³-hybridized carbons (Fsp3) is 0.333. The van der Waals surface area contributed by atoms with Crippen molar-refractivity contribution in [2.75, 3.05) is 6.54 Å². The van der Waals surface area contributed by atoms with E-state index in [4.69, 9.17) is 0 Å². The first-order valence-corrected chi connectivity index (χ1v) is 5.04. The Bertz CT molecular complexity index is 387. The largest absolute Gasteiger partial charge is 0.371 e. The van der Waals surface area contributed by atoms with Crippen LogP contribution in [-0.2, 0) is 6.54 Å². The predicted molar refractivity (Wildman–Crippen MR) is 55.1 cm³/mol. The molecule has 0 radical (unpaired) electrons. The monoisotopic (exact) mass is 209 g/mol. The fourth-order valence-corrected chi connectivity index (χ4v) is 1.86. The lowest BCUT2D eigenvalue weighted by Crippen LogP contribution is -2.17. The van der Waals surface area contributed by atoms with Crippen LogP contribution in [0.4, 0.5) is 8.78 Å². The van der Waals surface area contributed by atoms with Crippen molar-refractivity contribution < 1.29 is 8.78 Å². The van der Waals surface area contributed by atoms with Gasteiger partial charge in [0.2, 0.25) is 0 Å². The summed E-state index contributed by atoms with van der Waals surface area (Å²) in [7, 11) is 0. The molecule has 1 aliphatic heterocycles. The van der Waals surface area contributed by atoms with E-state index in [9.17, 15) is 8.78 Å². The Balaban J connectivity index is 2.17. The second kappa shape index (κ2) is 4.01. The van der Waals surface area contributed by atoms with Gasteiger partial charge in [-0.05, 0) is 18.9 Å². The molecule has 1 nitrogen and oxygen atoms in total. The lowest BCUT2D eigenvalue weighted by Gasteiger charge is -2.19. The van der Waals surface area contributed by atoms with Gasteiger partial charge in [0.15, 0.2) is 11.6 Å². The van der Waals surface area contributed by atoms with Gasteiger partial charge in [0.1, 0.15) is 0 Å². The van der Waals surface area contributed by atoms with Crippen molar-refractivity contribution in [1.29, 1.82) is 0 Å². The second-order valence-corrected chi connectivity index (χ2v) is 3.80. The molecule has 1 aliphatic rings. The number of likely N-dealkylation sites (tertiary alicyclic amines) is 1. The Kier molecular flexibility index (Phi) is 2.71. The van der Waals surface area contributed by atoms with Gasteiger partial charge in [0.05, 0.1) is 0 Å². The van der Waals surface area contributed by atoms with Crippen LogP contribution in [0.2, 0.25) is 0 Å². The van der Waals surface area contributed by atoms with E-state index in [1.54, 1.807) is 6.07 Å². The van der Waals surface area contributed by atoms with Gasteiger partial charge in [0.25, 0.3) is 0 Å². The molecular formula is C12H13F2N.